The van der Waals surface area contributed by atoms with Crippen LogP contribution < -0.4 is 10.7 Å². The Kier molecular flexibility index (Phi) is 4.27. The van der Waals surface area contributed by atoms with Gasteiger partial charge in [0.15, 0.2) is 0 Å². The minimum Gasteiger partial charge on any atom is -0.293 e. The average Bonchev–Trinajstić information content (AvgIpc) is 2.78. The largest absolute Gasteiger partial charge is 0.293 e. The van der Waals surface area contributed by atoms with Gasteiger partial charge in [0.25, 0.3) is 11.6 Å². The molecule has 1 aromatic rings. The van der Waals surface area contributed by atoms with E-state index in [0.29, 0.717) is 12.4 Å². The van der Waals surface area contributed by atoms with Crippen LogP contribution in [-0.4, -0.2) is 28.5 Å². The quantitative estimate of drug-likeness (QED) is 0.489. The van der Waals surface area contributed by atoms with Crippen molar-refractivity contribution in [3.05, 3.63) is 39.9 Å². The van der Waals surface area contributed by atoms with E-state index in [-0.39, 0.29) is 11.6 Å². The van der Waals surface area contributed by atoms with Crippen molar-refractivity contribution in [1.29, 1.82) is 0 Å². The summed E-state index contributed by atoms with van der Waals surface area (Å²) in [5.41, 5.74) is 4.31. The lowest BCUT2D eigenvalue weighted by molar-refractivity contribution is -0.384. The average molecular weight is 289 g/mol. The van der Waals surface area contributed by atoms with E-state index in [1.54, 1.807) is 12.1 Å². The second-order valence-electron chi connectivity index (χ2n) is 4.78. The topological polar surface area (TPSA) is 109 Å². The molecular weight excluding hydrogens is 274 g/mol. The van der Waals surface area contributed by atoms with Crippen molar-refractivity contribution >= 4 is 23.3 Å². The first-order valence-electron chi connectivity index (χ1n) is 6.34. The number of benzene rings is 1. The van der Waals surface area contributed by atoms with Gasteiger partial charge in [-0.05, 0) is 19.4 Å². The number of nitrogens with zero attached hydrogens (tertiary/aromatic N) is 3. The molecule has 0 saturated carbocycles. The van der Waals surface area contributed by atoms with E-state index >= 15 is 0 Å². The van der Waals surface area contributed by atoms with Gasteiger partial charge >= 0.3 is 0 Å². The Morgan fingerprint density at radius 2 is 2.10 bits per heavy atom. The predicted molar refractivity (Wildman–Crippen MR) is 78.1 cm³/mol. The zero-order valence-electron chi connectivity index (χ0n) is 11.7. The summed E-state index contributed by atoms with van der Waals surface area (Å²) >= 11 is 0. The molecule has 1 aliphatic rings. The second kappa shape index (κ2) is 6.12. The smallest absolute Gasteiger partial charge is 0.269 e. The third-order valence-corrected chi connectivity index (χ3v) is 2.79. The van der Waals surface area contributed by atoms with Crippen LogP contribution in [0.3, 0.4) is 0 Å². The Balaban J connectivity index is 2.03. The van der Waals surface area contributed by atoms with Gasteiger partial charge in [-0.1, -0.05) is 12.1 Å². The van der Waals surface area contributed by atoms with Gasteiger partial charge in [0, 0.05) is 24.3 Å². The van der Waals surface area contributed by atoms with Crippen LogP contribution in [0.25, 0.3) is 0 Å². The molecule has 1 unspecified atom stereocenters. The Hall–Kier alpha value is -2.77. The monoisotopic (exact) mass is 289 g/mol. The summed E-state index contributed by atoms with van der Waals surface area (Å²) in [4.78, 5) is 26.1. The fourth-order valence-corrected chi connectivity index (χ4v) is 1.78. The Labute approximate surface area is 121 Å². The van der Waals surface area contributed by atoms with Gasteiger partial charge in [-0.15, -0.1) is 0 Å². The number of amides is 1. The number of rotatable bonds is 4. The van der Waals surface area contributed by atoms with Gasteiger partial charge in [0.1, 0.15) is 6.04 Å². The molecule has 110 valence electrons. The summed E-state index contributed by atoms with van der Waals surface area (Å²) in [5, 5.41) is 17.1. The molecule has 1 atom stereocenters. The highest BCUT2D eigenvalue weighted by Gasteiger charge is 2.26. The molecule has 0 bridgehead atoms. The molecule has 2 rings (SSSR count). The lowest BCUT2D eigenvalue weighted by atomic mass is 10.1. The van der Waals surface area contributed by atoms with Crippen LogP contribution >= 0.6 is 0 Å². The SMILES string of the molecule is CC(C)=NNC1=NC(Cc2ccc([N+](=O)[O-])cc2)C(=O)N1. The van der Waals surface area contributed by atoms with Crippen LogP contribution in [0.4, 0.5) is 5.69 Å². The summed E-state index contributed by atoms with van der Waals surface area (Å²) in [6.45, 7) is 3.64. The fourth-order valence-electron chi connectivity index (χ4n) is 1.78. The summed E-state index contributed by atoms with van der Waals surface area (Å²) < 4.78 is 0. The van der Waals surface area contributed by atoms with E-state index in [1.807, 2.05) is 13.8 Å². The molecule has 8 nitrogen and oxygen atoms in total. The third-order valence-electron chi connectivity index (χ3n) is 2.79. The first-order valence-corrected chi connectivity index (χ1v) is 6.34. The lowest BCUT2D eigenvalue weighted by Crippen LogP contribution is -2.35. The molecule has 0 aromatic heterocycles. The van der Waals surface area contributed by atoms with E-state index in [1.165, 1.54) is 12.1 Å². The van der Waals surface area contributed by atoms with Gasteiger partial charge in [0.05, 0.1) is 4.92 Å². The molecule has 2 N–H and O–H groups in total. The standard InChI is InChI=1S/C13H15N5O3/c1-8(2)16-17-13-14-11(12(19)15-13)7-9-3-5-10(6-4-9)18(20)21/h3-6,11H,7H2,1-2H3,(H2,14,15,17,19). The van der Waals surface area contributed by atoms with Gasteiger partial charge in [-0.3, -0.25) is 20.2 Å². The van der Waals surface area contributed by atoms with Crippen molar-refractivity contribution in [2.24, 2.45) is 10.1 Å². The predicted octanol–water partition coefficient (Wildman–Crippen LogP) is 0.977. The van der Waals surface area contributed by atoms with Crippen molar-refractivity contribution in [3.63, 3.8) is 0 Å². The zero-order chi connectivity index (χ0) is 15.4. The van der Waals surface area contributed by atoms with E-state index < -0.39 is 11.0 Å². The number of nitrogens with one attached hydrogen (secondary N) is 2. The maximum atomic E-state index is 11.8. The fraction of sp³-hybridized carbons (Fsp3) is 0.308. The first-order chi connectivity index (χ1) is 9.95. The number of hydrazone groups is 1. The number of non-ortho nitro benzene ring substituents is 1. The van der Waals surface area contributed by atoms with Crippen LogP contribution in [0.2, 0.25) is 0 Å². The molecule has 1 amide bonds. The summed E-state index contributed by atoms with van der Waals surface area (Å²) in [7, 11) is 0. The second-order valence-corrected chi connectivity index (χ2v) is 4.78. The van der Waals surface area contributed by atoms with Crippen molar-refractivity contribution < 1.29 is 9.72 Å². The van der Waals surface area contributed by atoms with Crippen molar-refractivity contribution in [1.82, 2.24) is 10.7 Å². The minimum atomic E-state index is -0.554. The van der Waals surface area contributed by atoms with Crippen molar-refractivity contribution in [2.75, 3.05) is 0 Å². The van der Waals surface area contributed by atoms with Crippen LogP contribution in [0.15, 0.2) is 34.4 Å². The lowest BCUT2D eigenvalue weighted by Gasteiger charge is -2.04. The number of nitro groups is 1. The summed E-state index contributed by atoms with van der Waals surface area (Å²) in [6, 6.07) is 5.52. The van der Waals surface area contributed by atoms with Gasteiger partial charge < -0.3 is 0 Å². The molecule has 0 aliphatic carbocycles. The molecule has 1 heterocycles. The summed E-state index contributed by atoms with van der Waals surface area (Å²) in [5.74, 6) is 0.0907. The van der Waals surface area contributed by atoms with Crippen molar-refractivity contribution in [3.8, 4) is 0 Å². The molecular formula is C13H15N5O3. The van der Waals surface area contributed by atoms with Gasteiger partial charge in [-0.2, -0.15) is 5.10 Å². The molecule has 0 spiro atoms. The van der Waals surface area contributed by atoms with Gasteiger partial charge in [0.2, 0.25) is 5.96 Å². The Morgan fingerprint density at radius 1 is 1.43 bits per heavy atom. The number of guanidine groups is 1. The van der Waals surface area contributed by atoms with Crippen molar-refractivity contribution in [2.45, 2.75) is 26.3 Å². The number of carbonyl (C=O) groups excluding carboxylic acids is 1. The summed E-state index contributed by atoms with van der Waals surface area (Å²) in [6.07, 6.45) is 0.379. The van der Waals surface area contributed by atoms with E-state index in [4.69, 9.17) is 0 Å². The number of hydrogen-bond donors (Lipinski definition) is 2. The highest BCUT2D eigenvalue weighted by molar-refractivity contribution is 6.05. The van der Waals surface area contributed by atoms with E-state index in [2.05, 4.69) is 20.8 Å². The molecule has 0 fully saturated rings. The molecule has 1 aliphatic heterocycles. The van der Waals surface area contributed by atoms with E-state index in [9.17, 15) is 14.9 Å². The number of nitro benzene ring substituents is 1. The maximum Gasteiger partial charge on any atom is 0.269 e. The third kappa shape index (κ3) is 3.85. The molecule has 1 aromatic carbocycles. The minimum absolute atomic E-state index is 0.0215. The number of hydrogen-bond acceptors (Lipinski definition) is 6. The van der Waals surface area contributed by atoms with Crippen LogP contribution in [-0.2, 0) is 11.2 Å². The highest BCUT2D eigenvalue weighted by Crippen LogP contribution is 2.15. The maximum absolute atomic E-state index is 11.8. The highest BCUT2D eigenvalue weighted by atomic mass is 16.6. The molecule has 0 saturated heterocycles. The van der Waals surface area contributed by atoms with Gasteiger partial charge in [-0.25, -0.2) is 10.4 Å². The Bertz CT molecular complexity index is 617. The van der Waals surface area contributed by atoms with Crippen LogP contribution in [0.5, 0.6) is 0 Å². The van der Waals surface area contributed by atoms with E-state index in [0.717, 1.165) is 11.3 Å². The molecule has 21 heavy (non-hydrogen) atoms. The van der Waals surface area contributed by atoms with Crippen LogP contribution in [0, 0.1) is 10.1 Å². The molecule has 8 heteroatoms. The Morgan fingerprint density at radius 3 is 2.67 bits per heavy atom. The number of aliphatic imine (C=N–C) groups is 1. The zero-order valence-corrected chi connectivity index (χ0v) is 11.7. The normalized spacial score (nSPS) is 17.0. The number of carbonyl (C=O) groups is 1. The first kappa shape index (κ1) is 14.6. The molecule has 0 radical (unpaired) electrons. The van der Waals surface area contributed by atoms with Crippen LogP contribution in [0.1, 0.15) is 19.4 Å².